The van der Waals surface area contributed by atoms with Crippen molar-refractivity contribution in [1.82, 2.24) is 10.2 Å². The van der Waals surface area contributed by atoms with Gasteiger partial charge in [-0.05, 0) is 24.8 Å². The van der Waals surface area contributed by atoms with Gasteiger partial charge in [0.15, 0.2) is 0 Å². The molecule has 1 aromatic rings. The monoisotopic (exact) mass is 303 g/mol. The number of hydrogen-bond donors (Lipinski definition) is 2. The van der Waals surface area contributed by atoms with E-state index in [1.807, 2.05) is 30.3 Å². The number of nitrogens with one attached hydrogen (secondary N) is 1. The number of rotatable bonds is 4. The van der Waals surface area contributed by atoms with Crippen LogP contribution in [-0.2, 0) is 20.8 Å². The van der Waals surface area contributed by atoms with Crippen molar-refractivity contribution in [3.63, 3.8) is 0 Å². The molecule has 0 unspecified atom stereocenters. The van der Waals surface area contributed by atoms with E-state index in [1.54, 1.807) is 0 Å². The van der Waals surface area contributed by atoms with Crippen LogP contribution in [0.15, 0.2) is 30.3 Å². The predicted molar refractivity (Wildman–Crippen MR) is 81.7 cm³/mol. The minimum absolute atomic E-state index is 0.190. The lowest BCUT2D eigenvalue weighted by atomic mass is 9.96. The number of carbonyl (C=O) groups excluding carboxylic acids is 3. The van der Waals surface area contributed by atoms with Gasteiger partial charge in [0.2, 0.25) is 5.91 Å². The van der Waals surface area contributed by atoms with Crippen molar-refractivity contribution in [3.05, 3.63) is 35.9 Å². The summed E-state index contributed by atoms with van der Waals surface area (Å²) in [5, 5.41) is 2.64. The topological polar surface area (TPSA) is 92.5 Å². The molecule has 1 aliphatic rings. The fourth-order valence-corrected chi connectivity index (χ4v) is 2.55. The maximum atomic E-state index is 12.0. The first-order valence-corrected chi connectivity index (χ1v) is 7.48. The van der Waals surface area contributed by atoms with E-state index in [0.717, 1.165) is 5.56 Å². The summed E-state index contributed by atoms with van der Waals surface area (Å²) in [5.74, 6) is -1.64. The van der Waals surface area contributed by atoms with E-state index in [-0.39, 0.29) is 11.8 Å². The van der Waals surface area contributed by atoms with Crippen LogP contribution in [0.2, 0.25) is 0 Å². The summed E-state index contributed by atoms with van der Waals surface area (Å²) >= 11 is 0. The van der Waals surface area contributed by atoms with Gasteiger partial charge in [0.1, 0.15) is 0 Å². The Morgan fingerprint density at radius 3 is 2.36 bits per heavy atom. The number of benzene rings is 1. The quantitative estimate of drug-likeness (QED) is 0.771. The number of nitrogens with zero attached hydrogens (tertiary/aromatic N) is 1. The summed E-state index contributed by atoms with van der Waals surface area (Å²) in [5.41, 5.74) is 6.36. The Morgan fingerprint density at radius 2 is 1.77 bits per heavy atom. The maximum Gasteiger partial charge on any atom is 0.311 e. The van der Waals surface area contributed by atoms with Gasteiger partial charge in [0.25, 0.3) is 0 Å². The van der Waals surface area contributed by atoms with E-state index in [4.69, 9.17) is 5.73 Å². The second kappa shape index (κ2) is 7.59. The molecule has 22 heavy (non-hydrogen) atoms. The number of amides is 3. The summed E-state index contributed by atoms with van der Waals surface area (Å²) in [6.45, 7) is 1.23. The molecule has 0 aromatic heterocycles. The molecule has 0 atom stereocenters. The number of likely N-dealkylation sites (tertiary alicyclic amines) is 1. The van der Waals surface area contributed by atoms with Crippen molar-refractivity contribution in [2.45, 2.75) is 19.3 Å². The van der Waals surface area contributed by atoms with Crippen molar-refractivity contribution in [2.75, 3.05) is 19.6 Å². The highest BCUT2D eigenvalue weighted by atomic mass is 16.2. The third-order valence-electron chi connectivity index (χ3n) is 3.92. The Balaban J connectivity index is 1.73. The van der Waals surface area contributed by atoms with Crippen molar-refractivity contribution in [1.29, 1.82) is 0 Å². The van der Waals surface area contributed by atoms with Crippen LogP contribution in [0.3, 0.4) is 0 Å². The zero-order valence-corrected chi connectivity index (χ0v) is 12.5. The van der Waals surface area contributed by atoms with E-state index < -0.39 is 11.8 Å². The highest BCUT2D eigenvalue weighted by Crippen LogP contribution is 2.16. The Hall–Kier alpha value is -2.37. The molecule has 1 heterocycles. The minimum Gasteiger partial charge on any atom is -0.369 e. The molecule has 3 amide bonds. The van der Waals surface area contributed by atoms with Crippen LogP contribution in [0.5, 0.6) is 0 Å². The number of primary amides is 1. The molecule has 118 valence electrons. The normalized spacial score (nSPS) is 15.4. The number of nitrogens with two attached hydrogens (primary N) is 1. The number of carbonyl (C=O) groups is 3. The Bertz CT molecular complexity index is 537. The zero-order valence-electron chi connectivity index (χ0n) is 12.5. The van der Waals surface area contributed by atoms with E-state index in [1.165, 1.54) is 4.90 Å². The Kier molecular flexibility index (Phi) is 5.52. The maximum absolute atomic E-state index is 12.0. The highest BCUT2D eigenvalue weighted by molar-refractivity contribution is 6.35. The average Bonchev–Trinajstić information content (AvgIpc) is 2.55. The van der Waals surface area contributed by atoms with E-state index in [9.17, 15) is 14.4 Å². The van der Waals surface area contributed by atoms with Crippen LogP contribution in [0.1, 0.15) is 18.4 Å². The SMILES string of the molecule is NC(=O)C1CCN(C(=O)C(=O)NCCc2ccccc2)CC1. The van der Waals surface area contributed by atoms with Crippen LogP contribution in [0.25, 0.3) is 0 Å². The van der Waals surface area contributed by atoms with Gasteiger partial charge in [0, 0.05) is 25.6 Å². The van der Waals surface area contributed by atoms with Crippen LogP contribution in [0.4, 0.5) is 0 Å². The molecule has 1 aliphatic heterocycles. The summed E-state index contributed by atoms with van der Waals surface area (Å²) in [4.78, 5) is 36.4. The van der Waals surface area contributed by atoms with E-state index in [2.05, 4.69) is 5.32 Å². The Morgan fingerprint density at radius 1 is 1.14 bits per heavy atom. The van der Waals surface area contributed by atoms with E-state index >= 15 is 0 Å². The molecule has 1 fully saturated rings. The molecular formula is C16H21N3O3. The van der Waals surface area contributed by atoms with Gasteiger partial charge in [-0.2, -0.15) is 0 Å². The third-order valence-corrected chi connectivity index (χ3v) is 3.92. The second-order valence-corrected chi connectivity index (χ2v) is 5.46. The Labute approximate surface area is 129 Å². The molecule has 3 N–H and O–H groups in total. The summed E-state index contributed by atoms with van der Waals surface area (Å²) < 4.78 is 0. The fraction of sp³-hybridized carbons (Fsp3) is 0.438. The van der Waals surface area contributed by atoms with Crippen LogP contribution >= 0.6 is 0 Å². The summed E-state index contributed by atoms with van der Waals surface area (Å²) in [6.07, 6.45) is 1.74. The lowest BCUT2D eigenvalue weighted by molar-refractivity contribution is -0.147. The highest BCUT2D eigenvalue weighted by Gasteiger charge is 2.28. The molecule has 0 spiro atoms. The minimum atomic E-state index is -0.589. The van der Waals surface area contributed by atoms with Gasteiger partial charge in [-0.25, -0.2) is 0 Å². The predicted octanol–water partition coefficient (Wildman–Crippen LogP) is 0.0692. The summed E-state index contributed by atoms with van der Waals surface area (Å²) in [7, 11) is 0. The second-order valence-electron chi connectivity index (χ2n) is 5.46. The third kappa shape index (κ3) is 4.31. The van der Waals surface area contributed by atoms with Gasteiger partial charge in [-0.1, -0.05) is 30.3 Å². The number of hydrogen-bond acceptors (Lipinski definition) is 3. The molecule has 1 saturated heterocycles. The van der Waals surface area contributed by atoms with Crippen molar-refractivity contribution in [2.24, 2.45) is 11.7 Å². The van der Waals surface area contributed by atoms with Crippen molar-refractivity contribution >= 4 is 17.7 Å². The number of piperidine rings is 1. The molecular weight excluding hydrogens is 282 g/mol. The first-order valence-electron chi connectivity index (χ1n) is 7.48. The van der Waals surface area contributed by atoms with Gasteiger partial charge >= 0.3 is 11.8 Å². The molecule has 0 saturated carbocycles. The molecule has 1 aromatic carbocycles. The van der Waals surface area contributed by atoms with Crippen molar-refractivity contribution in [3.8, 4) is 0 Å². The zero-order chi connectivity index (χ0) is 15.9. The molecule has 0 radical (unpaired) electrons. The van der Waals surface area contributed by atoms with Gasteiger partial charge in [-0.3, -0.25) is 14.4 Å². The first-order chi connectivity index (χ1) is 10.6. The van der Waals surface area contributed by atoms with Crippen molar-refractivity contribution < 1.29 is 14.4 Å². The fourth-order valence-electron chi connectivity index (χ4n) is 2.55. The molecule has 2 rings (SSSR count). The van der Waals surface area contributed by atoms with Crippen LogP contribution in [0, 0.1) is 5.92 Å². The molecule has 6 nitrogen and oxygen atoms in total. The van der Waals surface area contributed by atoms with Gasteiger partial charge < -0.3 is 16.0 Å². The first kappa shape index (κ1) is 16.0. The lowest BCUT2D eigenvalue weighted by Gasteiger charge is -2.29. The smallest absolute Gasteiger partial charge is 0.311 e. The molecule has 0 bridgehead atoms. The molecule has 6 heteroatoms. The largest absolute Gasteiger partial charge is 0.369 e. The van der Waals surface area contributed by atoms with Gasteiger partial charge in [-0.15, -0.1) is 0 Å². The molecule has 0 aliphatic carbocycles. The summed E-state index contributed by atoms with van der Waals surface area (Å²) in [6, 6.07) is 9.75. The van der Waals surface area contributed by atoms with Gasteiger partial charge in [0.05, 0.1) is 0 Å². The van der Waals surface area contributed by atoms with E-state index in [0.29, 0.717) is 38.9 Å². The lowest BCUT2D eigenvalue weighted by Crippen LogP contribution is -2.48. The van der Waals surface area contributed by atoms with Crippen LogP contribution < -0.4 is 11.1 Å². The standard InChI is InChI=1S/C16H21N3O3/c17-14(20)13-7-10-19(11-8-13)16(22)15(21)18-9-6-12-4-2-1-3-5-12/h1-5,13H,6-11H2,(H2,17,20)(H,18,21). The van der Waals surface area contributed by atoms with Crippen LogP contribution in [-0.4, -0.2) is 42.3 Å². The average molecular weight is 303 g/mol.